The molecule has 4 heteroatoms. The monoisotopic (exact) mass is 241 g/mol. The smallest absolute Gasteiger partial charge is 0.179 e. The van der Waals surface area contributed by atoms with Crippen LogP contribution >= 0.6 is 11.6 Å². The number of hydrogen-bond acceptors (Lipinski definition) is 3. The maximum atomic E-state index is 6.20. The van der Waals surface area contributed by atoms with Gasteiger partial charge >= 0.3 is 0 Å². The van der Waals surface area contributed by atoms with Crippen molar-refractivity contribution >= 4 is 11.6 Å². The minimum atomic E-state index is -0.176. The molecule has 88 valence electrons. The molecule has 0 unspecified atom stereocenters. The molecule has 3 nitrogen and oxygen atoms in total. The summed E-state index contributed by atoms with van der Waals surface area (Å²) in [6, 6.07) is 3.46. The summed E-state index contributed by atoms with van der Waals surface area (Å²) in [7, 11) is 3.12. The molecule has 0 heterocycles. The first-order valence-electron chi connectivity index (χ1n) is 4.92. The summed E-state index contributed by atoms with van der Waals surface area (Å²) in [6.45, 7) is 3.65. The number of halogens is 1. The molecular weight excluding hydrogens is 226 g/mol. The standard InChI is InChI=1S/C12H16ClNO2/c1-4-5-9(14)8-6-7-10(15-2)12(16-3)11(8)13/h4,6-7,9H,1,5,14H2,2-3H3/t9-/m0/s1. The average Bonchev–Trinajstić information content (AvgIpc) is 2.28. The Hall–Kier alpha value is -1.19. The van der Waals surface area contributed by atoms with E-state index < -0.39 is 0 Å². The van der Waals surface area contributed by atoms with E-state index in [-0.39, 0.29) is 6.04 Å². The fourth-order valence-electron chi connectivity index (χ4n) is 1.50. The SMILES string of the molecule is C=CC[C@H](N)c1ccc(OC)c(OC)c1Cl. The summed E-state index contributed by atoms with van der Waals surface area (Å²) >= 11 is 6.20. The number of hydrogen-bond donors (Lipinski definition) is 1. The highest BCUT2D eigenvalue weighted by Gasteiger charge is 2.16. The molecule has 0 radical (unpaired) electrons. The van der Waals surface area contributed by atoms with Gasteiger partial charge in [-0.2, -0.15) is 0 Å². The van der Waals surface area contributed by atoms with Crippen molar-refractivity contribution in [3.63, 3.8) is 0 Å². The molecule has 1 rings (SSSR count). The molecule has 0 bridgehead atoms. The number of ether oxygens (including phenoxy) is 2. The lowest BCUT2D eigenvalue weighted by Crippen LogP contribution is -2.10. The molecule has 0 fully saturated rings. The van der Waals surface area contributed by atoms with Crippen molar-refractivity contribution in [1.29, 1.82) is 0 Å². The van der Waals surface area contributed by atoms with Crippen LogP contribution in [0.15, 0.2) is 24.8 Å². The fourth-order valence-corrected chi connectivity index (χ4v) is 1.87. The third kappa shape index (κ3) is 2.49. The molecule has 0 aromatic heterocycles. The summed E-state index contributed by atoms with van der Waals surface area (Å²) in [5.41, 5.74) is 6.80. The third-order valence-corrected chi connectivity index (χ3v) is 2.72. The van der Waals surface area contributed by atoms with Gasteiger partial charge in [-0.05, 0) is 18.1 Å². The van der Waals surface area contributed by atoms with Crippen LogP contribution in [-0.2, 0) is 0 Å². The van der Waals surface area contributed by atoms with E-state index in [1.165, 1.54) is 0 Å². The summed E-state index contributed by atoms with van der Waals surface area (Å²) in [5, 5.41) is 0.496. The molecule has 0 aliphatic carbocycles. The second-order valence-corrected chi connectivity index (χ2v) is 3.71. The molecule has 16 heavy (non-hydrogen) atoms. The normalized spacial score (nSPS) is 12.0. The first-order valence-corrected chi connectivity index (χ1v) is 5.30. The maximum Gasteiger partial charge on any atom is 0.179 e. The van der Waals surface area contributed by atoms with Crippen LogP contribution in [0, 0.1) is 0 Å². The van der Waals surface area contributed by atoms with E-state index in [9.17, 15) is 0 Å². The second kappa shape index (κ2) is 5.77. The third-order valence-electron chi connectivity index (χ3n) is 2.33. The lowest BCUT2D eigenvalue weighted by Gasteiger charge is -2.16. The van der Waals surface area contributed by atoms with Crippen LogP contribution in [0.25, 0.3) is 0 Å². The van der Waals surface area contributed by atoms with Crippen molar-refractivity contribution in [1.82, 2.24) is 0 Å². The number of nitrogens with two attached hydrogens (primary N) is 1. The van der Waals surface area contributed by atoms with Gasteiger partial charge in [0.1, 0.15) is 0 Å². The number of rotatable bonds is 5. The van der Waals surface area contributed by atoms with Crippen molar-refractivity contribution in [2.24, 2.45) is 5.73 Å². The number of benzene rings is 1. The zero-order valence-electron chi connectivity index (χ0n) is 9.50. The molecular formula is C12H16ClNO2. The summed E-state index contributed by atoms with van der Waals surface area (Å²) in [4.78, 5) is 0. The van der Waals surface area contributed by atoms with Crippen molar-refractivity contribution in [2.45, 2.75) is 12.5 Å². The van der Waals surface area contributed by atoms with E-state index in [4.69, 9.17) is 26.8 Å². The Morgan fingerprint density at radius 3 is 2.62 bits per heavy atom. The van der Waals surface area contributed by atoms with E-state index in [1.807, 2.05) is 6.07 Å². The molecule has 1 atom stereocenters. The minimum Gasteiger partial charge on any atom is -0.493 e. The van der Waals surface area contributed by atoms with Gasteiger partial charge < -0.3 is 15.2 Å². The van der Waals surface area contributed by atoms with Crippen LogP contribution in [-0.4, -0.2) is 14.2 Å². The first kappa shape index (κ1) is 12.9. The predicted octanol–water partition coefficient (Wildman–Crippen LogP) is 2.93. The van der Waals surface area contributed by atoms with E-state index in [2.05, 4.69) is 6.58 Å². The second-order valence-electron chi connectivity index (χ2n) is 3.34. The molecule has 2 N–H and O–H groups in total. The van der Waals surface area contributed by atoms with Gasteiger partial charge in [0, 0.05) is 6.04 Å². The quantitative estimate of drug-likeness (QED) is 0.807. The zero-order chi connectivity index (χ0) is 12.1. The maximum absolute atomic E-state index is 6.20. The van der Waals surface area contributed by atoms with Crippen LogP contribution in [0.1, 0.15) is 18.0 Å². The van der Waals surface area contributed by atoms with Gasteiger partial charge in [-0.3, -0.25) is 0 Å². The van der Waals surface area contributed by atoms with Gasteiger partial charge in [0.05, 0.1) is 19.2 Å². The van der Waals surface area contributed by atoms with Crippen LogP contribution in [0.4, 0.5) is 0 Å². The van der Waals surface area contributed by atoms with Crippen LogP contribution < -0.4 is 15.2 Å². The van der Waals surface area contributed by atoms with E-state index in [0.717, 1.165) is 5.56 Å². The lowest BCUT2D eigenvalue weighted by molar-refractivity contribution is 0.354. The highest BCUT2D eigenvalue weighted by atomic mass is 35.5. The van der Waals surface area contributed by atoms with Crippen LogP contribution in [0.2, 0.25) is 5.02 Å². The van der Waals surface area contributed by atoms with Crippen molar-refractivity contribution in [2.75, 3.05) is 14.2 Å². The minimum absolute atomic E-state index is 0.176. The zero-order valence-corrected chi connectivity index (χ0v) is 10.3. The van der Waals surface area contributed by atoms with Gasteiger partial charge in [-0.1, -0.05) is 23.7 Å². The van der Waals surface area contributed by atoms with Crippen molar-refractivity contribution in [3.8, 4) is 11.5 Å². The first-order chi connectivity index (χ1) is 7.65. The molecule has 0 aliphatic rings. The predicted molar refractivity (Wildman–Crippen MR) is 66.3 cm³/mol. The fraction of sp³-hybridized carbons (Fsp3) is 0.333. The Balaban J connectivity index is 3.17. The highest BCUT2D eigenvalue weighted by Crippen LogP contribution is 2.39. The van der Waals surface area contributed by atoms with Gasteiger partial charge in [0.25, 0.3) is 0 Å². The highest BCUT2D eigenvalue weighted by molar-refractivity contribution is 6.33. The van der Waals surface area contributed by atoms with Gasteiger partial charge in [0.2, 0.25) is 0 Å². The molecule has 0 spiro atoms. The molecule has 1 aromatic carbocycles. The number of methoxy groups -OCH3 is 2. The van der Waals surface area contributed by atoms with Crippen LogP contribution in [0.3, 0.4) is 0 Å². The van der Waals surface area contributed by atoms with Gasteiger partial charge in [-0.25, -0.2) is 0 Å². The Kier molecular flexibility index (Phi) is 4.65. The Labute approximate surface area is 101 Å². The van der Waals surface area contributed by atoms with Gasteiger partial charge in [-0.15, -0.1) is 6.58 Å². The Bertz CT molecular complexity index is 380. The summed E-state index contributed by atoms with van der Waals surface area (Å²) in [6.07, 6.45) is 2.42. The molecule has 0 aliphatic heterocycles. The van der Waals surface area contributed by atoms with Gasteiger partial charge in [0.15, 0.2) is 11.5 Å². The van der Waals surface area contributed by atoms with Crippen LogP contribution in [0.5, 0.6) is 11.5 Å². The molecule has 0 amide bonds. The van der Waals surface area contributed by atoms with E-state index >= 15 is 0 Å². The largest absolute Gasteiger partial charge is 0.493 e. The average molecular weight is 242 g/mol. The Morgan fingerprint density at radius 1 is 1.44 bits per heavy atom. The lowest BCUT2D eigenvalue weighted by atomic mass is 10.0. The van der Waals surface area contributed by atoms with Crippen molar-refractivity contribution in [3.05, 3.63) is 35.4 Å². The molecule has 0 saturated heterocycles. The van der Waals surface area contributed by atoms with Crippen molar-refractivity contribution < 1.29 is 9.47 Å². The molecule has 1 aromatic rings. The van der Waals surface area contributed by atoms with E-state index in [0.29, 0.717) is 22.9 Å². The summed E-state index contributed by atoms with van der Waals surface area (Å²) in [5.74, 6) is 1.11. The topological polar surface area (TPSA) is 44.5 Å². The molecule has 0 saturated carbocycles. The van der Waals surface area contributed by atoms with E-state index in [1.54, 1.807) is 26.4 Å². The summed E-state index contributed by atoms with van der Waals surface area (Å²) < 4.78 is 10.3. The Morgan fingerprint density at radius 2 is 2.12 bits per heavy atom.